The number of anilines is 3. The Kier molecular flexibility index (Phi) is 4.91. The minimum atomic E-state index is 0.957. The van der Waals surface area contributed by atoms with Crippen molar-refractivity contribution in [3.8, 4) is 0 Å². The molecule has 0 bridgehead atoms. The molecule has 1 aliphatic rings. The summed E-state index contributed by atoms with van der Waals surface area (Å²) in [6.07, 6.45) is 5.64. The van der Waals surface area contributed by atoms with Crippen molar-refractivity contribution in [2.45, 2.75) is 0 Å². The number of hydrogen-bond donors (Lipinski definition) is 0. The second-order valence-electron chi connectivity index (χ2n) is 5.41. The van der Waals surface area contributed by atoms with Gasteiger partial charge in [-0.25, -0.2) is 15.0 Å². The lowest BCUT2D eigenvalue weighted by Gasteiger charge is -2.25. The Morgan fingerprint density at radius 2 is 0.833 bits per heavy atom. The fraction of sp³-hybridized carbons (Fsp3) is 0.400. The van der Waals surface area contributed by atoms with Gasteiger partial charge in [0.15, 0.2) is 15.4 Å². The summed E-state index contributed by atoms with van der Waals surface area (Å²) in [5.74, 6) is 0. The van der Waals surface area contributed by atoms with E-state index in [0.717, 1.165) is 54.7 Å². The van der Waals surface area contributed by atoms with Gasteiger partial charge in [0.1, 0.15) is 0 Å². The molecule has 0 N–H and O–H groups in total. The maximum absolute atomic E-state index is 4.50. The molecule has 0 radical (unpaired) electrons. The van der Waals surface area contributed by atoms with E-state index in [-0.39, 0.29) is 0 Å². The van der Waals surface area contributed by atoms with Crippen LogP contribution in [0.4, 0.5) is 15.4 Å². The first-order valence-electron chi connectivity index (χ1n) is 7.83. The summed E-state index contributed by atoms with van der Waals surface area (Å²) >= 11 is 5.10. The molecule has 24 heavy (non-hydrogen) atoms. The van der Waals surface area contributed by atoms with E-state index in [1.165, 1.54) is 0 Å². The zero-order valence-corrected chi connectivity index (χ0v) is 15.6. The Hall–Kier alpha value is -1.71. The van der Waals surface area contributed by atoms with Crippen LogP contribution in [0.3, 0.4) is 0 Å². The Labute approximate surface area is 153 Å². The minimum absolute atomic E-state index is 0.957. The molecule has 1 aliphatic heterocycles. The first-order valence-corrected chi connectivity index (χ1v) is 10.5. The Morgan fingerprint density at radius 1 is 0.542 bits per heavy atom. The lowest BCUT2D eigenvalue weighted by atomic mass is 10.4. The molecule has 0 aliphatic carbocycles. The number of aromatic nitrogens is 3. The molecule has 126 valence electrons. The maximum atomic E-state index is 4.50. The highest BCUT2D eigenvalue weighted by atomic mass is 32.1. The van der Waals surface area contributed by atoms with Crippen molar-refractivity contribution in [1.29, 1.82) is 0 Å². The first-order chi connectivity index (χ1) is 11.9. The molecule has 4 rings (SSSR count). The predicted octanol–water partition coefficient (Wildman–Crippen LogP) is 2.89. The Balaban J connectivity index is 1.57. The lowest BCUT2D eigenvalue weighted by Crippen LogP contribution is -2.36. The quantitative estimate of drug-likeness (QED) is 0.698. The van der Waals surface area contributed by atoms with Crippen molar-refractivity contribution < 1.29 is 0 Å². The lowest BCUT2D eigenvalue weighted by molar-refractivity contribution is 0.761. The van der Waals surface area contributed by atoms with Crippen LogP contribution < -0.4 is 14.7 Å². The van der Waals surface area contributed by atoms with E-state index in [1.54, 1.807) is 34.0 Å². The third-order valence-electron chi connectivity index (χ3n) is 3.99. The van der Waals surface area contributed by atoms with Crippen LogP contribution in [0.5, 0.6) is 0 Å². The van der Waals surface area contributed by atoms with Crippen LogP contribution in [-0.4, -0.2) is 54.2 Å². The van der Waals surface area contributed by atoms with Crippen molar-refractivity contribution in [3.05, 3.63) is 34.7 Å². The molecule has 0 amide bonds. The topological polar surface area (TPSA) is 48.4 Å². The van der Waals surface area contributed by atoms with Gasteiger partial charge in [0.05, 0.1) is 0 Å². The standard InChI is InChI=1S/C15H18N6S3/c1-10-22-13(16-1)19-4-6-20(14-17-2-11-23-14)8-9-21(7-5-19)15-18-3-12-24-15/h1-3,10-12H,4-9H2. The Morgan fingerprint density at radius 3 is 1.04 bits per heavy atom. The Bertz CT molecular complexity index is 600. The van der Waals surface area contributed by atoms with E-state index < -0.39 is 0 Å². The second-order valence-corrected chi connectivity index (χ2v) is 8.02. The predicted molar refractivity (Wildman–Crippen MR) is 103 cm³/mol. The van der Waals surface area contributed by atoms with E-state index in [2.05, 4.69) is 29.7 Å². The molecular formula is C15H18N6S3. The third-order valence-corrected chi connectivity index (χ3v) is 6.49. The van der Waals surface area contributed by atoms with Crippen LogP contribution in [0.1, 0.15) is 0 Å². The van der Waals surface area contributed by atoms with Gasteiger partial charge in [0.25, 0.3) is 0 Å². The molecule has 1 fully saturated rings. The maximum Gasteiger partial charge on any atom is 0.185 e. The number of thiazole rings is 3. The van der Waals surface area contributed by atoms with Crippen molar-refractivity contribution in [2.24, 2.45) is 0 Å². The minimum Gasteiger partial charge on any atom is -0.345 e. The van der Waals surface area contributed by atoms with E-state index in [9.17, 15) is 0 Å². The molecule has 1 saturated heterocycles. The normalized spacial score (nSPS) is 16.8. The summed E-state index contributed by atoms with van der Waals surface area (Å²) in [5, 5.41) is 9.40. The van der Waals surface area contributed by atoms with E-state index >= 15 is 0 Å². The van der Waals surface area contributed by atoms with Gasteiger partial charge < -0.3 is 14.7 Å². The van der Waals surface area contributed by atoms with Crippen LogP contribution in [0.15, 0.2) is 34.7 Å². The molecule has 3 aromatic rings. The summed E-state index contributed by atoms with van der Waals surface area (Å²) < 4.78 is 0. The largest absolute Gasteiger partial charge is 0.345 e. The first kappa shape index (κ1) is 15.8. The van der Waals surface area contributed by atoms with E-state index in [1.807, 2.05) is 34.7 Å². The van der Waals surface area contributed by atoms with Gasteiger partial charge in [-0.2, -0.15) is 0 Å². The van der Waals surface area contributed by atoms with Crippen LogP contribution in [0.2, 0.25) is 0 Å². The molecule has 3 aromatic heterocycles. The molecule has 6 nitrogen and oxygen atoms in total. The zero-order valence-electron chi connectivity index (χ0n) is 13.1. The number of hydrogen-bond acceptors (Lipinski definition) is 9. The molecule has 0 atom stereocenters. The highest BCUT2D eigenvalue weighted by molar-refractivity contribution is 7.14. The summed E-state index contributed by atoms with van der Waals surface area (Å²) in [4.78, 5) is 20.6. The third kappa shape index (κ3) is 3.52. The average molecular weight is 379 g/mol. The zero-order chi connectivity index (χ0) is 16.2. The van der Waals surface area contributed by atoms with Gasteiger partial charge in [-0.1, -0.05) is 0 Å². The molecule has 0 saturated carbocycles. The fourth-order valence-corrected chi connectivity index (χ4v) is 4.84. The molecule has 9 heteroatoms. The van der Waals surface area contributed by atoms with Crippen molar-refractivity contribution >= 4 is 49.4 Å². The van der Waals surface area contributed by atoms with Crippen molar-refractivity contribution in [2.75, 3.05) is 54.0 Å². The monoisotopic (exact) mass is 378 g/mol. The molecular weight excluding hydrogens is 360 g/mol. The van der Waals surface area contributed by atoms with E-state index in [0.29, 0.717) is 0 Å². The second kappa shape index (κ2) is 7.45. The average Bonchev–Trinajstić information content (AvgIpc) is 3.38. The van der Waals surface area contributed by atoms with Gasteiger partial charge in [-0.05, 0) is 0 Å². The van der Waals surface area contributed by atoms with Gasteiger partial charge in [0.2, 0.25) is 0 Å². The van der Waals surface area contributed by atoms with E-state index in [4.69, 9.17) is 0 Å². The van der Waals surface area contributed by atoms with Gasteiger partial charge in [-0.3, -0.25) is 0 Å². The van der Waals surface area contributed by atoms with Crippen molar-refractivity contribution in [3.63, 3.8) is 0 Å². The number of rotatable bonds is 3. The summed E-state index contributed by atoms with van der Waals surface area (Å²) in [5.41, 5.74) is 0. The van der Waals surface area contributed by atoms with Crippen molar-refractivity contribution in [1.82, 2.24) is 15.0 Å². The van der Waals surface area contributed by atoms with Crippen LogP contribution in [0.25, 0.3) is 0 Å². The van der Waals surface area contributed by atoms with Crippen LogP contribution in [-0.2, 0) is 0 Å². The smallest absolute Gasteiger partial charge is 0.185 e. The highest BCUT2D eigenvalue weighted by Crippen LogP contribution is 2.23. The van der Waals surface area contributed by atoms with Gasteiger partial charge in [-0.15, -0.1) is 34.0 Å². The number of nitrogens with zero attached hydrogens (tertiary/aromatic N) is 6. The van der Waals surface area contributed by atoms with Gasteiger partial charge >= 0.3 is 0 Å². The molecule has 0 unspecified atom stereocenters. The summed E-state index contributed by atoms with van der Waals surface area (Å²) in [6, 6.07) is 0. The van der Waals surface area contributed by atoms with Crippen LogP contribution >= 0.6 is 34.0 Å². The highest BCUT2D eigenvalue weighted by Gasteiger charge is 2.20. The molecule has 0 spiro atoms. The summed E-state index contributed by atoms with van der Waals surface area (Å²) in [6.45, 7) is 5.74. The fourth-order valence-electron chi connectivity index (χ4n) is 2.75. The van der Waals surface area contributed by atoms with Gasteiger partial charge in [0, 0.05) is 74.0 Å². The summed E-state index contributed by atoms with van der Waals surface area (Å²) in [7, 11) is 0. The SMILES string of the molecule is c1csc(N2CCN(c3nccs3)CCN(c3nccs3)CC2)n1. The molecule has 0 aromatic carbocycles. The molecule has 4 heterocycles. The van der Waals surface area contributed by atoms with Crippen LogP contribution in [0, 0.1) is 0 Å².